The van der Waals surface area contributed by atoms with Crippen molar-refractivity contribution in [3.8, 4) is 0 Å². The van der Waals surface area contributed by atoms with E-state index in [1.807, 2.05) is 12.3 Å². The van der Waals surface area contributed by atoms with Crippen LogP contribution in [0.4, 0.5) is 10.8 Å². The summed E-state index contributed by atoms with van der Waals surface area (Å²) >= 11 is 1.55. The number of hydrogen-bond acceptors (Lipinski definition) is 4. The third kappa shape index (κ3) is 3.17. The largest absolute Gasteiger partial charge is 0.478 e. The number of thiazole rings is 1. The van der Waals surface area contributed by atoms with Gasteiger partial charge in [-0.25, -0.2) is 9.78 Å². The lowest BCUT2D eigenvalue weighted by molar-refractivity contribution is 0.0697. The number of nitrogens with one attached hydrogen (secondary N) is 1. The van der Waals surface area contributed by atoms with Crippen molar-refractivity contribution in [2.75, 3.05) is 5.32 Å². The topological polar surface area (TPSA) is 62.2 Å². The zero-order valence-electron chi connectivity index (χ0n) is 12.0. The molecule has 1 aromatic carbocycles. The zero-order chi connectivity index (χ0) is 14.9. The molecule has 0 bridgehead atoms. The SMILES string of the molecule is Cc1cc(C(=O)O)ccc1Nc1nc(C(C)(C)C)cs1. The van der Waals surface area contributed by atoms with Gasteiger partial charge in [0.1, 0.15) is 0 Å². The molecule has 0 spiro atoms. The van der Waals surface area contributed by atoms with Gasteiger partial charge in [-0.1, -0.05) is 20.8 Å². The lowest BCUT2D eigenvalue weighted by Gasteiger charge is -2.14. The fourth-order valence-corrected chi connectivity index (χ4v) is 2.68. The van der Waals surface area contributed by atoms with Crippen molar-refractivity contribution >= 4 is 28.1 Å². The molecule has 1 aromatic heterocycles. The molecule has 0 amide bonds. The number of benzene rings is 1. The molecular weight excluding hydrogens is 272 g/mol. The van der Waals surface area contributed by atoms with Crippen molar-refractivity contribution < 1.29 is 9.90 Å². The van der Waals surface area contributed by atoms with E-state index < -0.39 is 5.97 Å². The molecule has 2 N–H and O–H groups in total. The Morgan fingerprint density at radius 2 is 2.05 bits per heavy atom. The molecule has 0 radical (unpaired) electrons. The molecule has 106 valence electrons. The van der Waals surface area contributed by atoms with Crippen molar-refractivity contribution in [1.82, 2.24) is 4.98 Å². The van der Waals surface area contributed by atoms with Crippen LogP contribution >= 0.6 is 11.3 Å². The Morgan fingerprint density at radius 3 is 2.55 bits per heavy atom. The highest BCUT2D eigenvalue weighted by Gasteiger charge is 2.17. The maximum Gasteiger partial charge on any atom is 0.335 e. The second kappa shape index (κ2) is 5.25. The highest BCUT2D eigenvalue weighted by Crippen LogP contribution is 2.29. The van der Waals surface area contributed by atoms with Gasteiger partial charge in [-0.2, -0.15) is 0 Å². The van der Waals surface area contributed by atoms with E-state index in [9.17, 15) is 4.79 Å². The summed E-state index contributed by atoms with van der Waals surface area (Å²) in [7, 11) is 0. The normalized spacial score (nSPS) is 11.4. The summed E-state index contributed by atoms with van der Waals surface area (Å²) in [6.45, 7) is 8.25. The third-order valence-corrected chi connectivity index (χ3v) is 3.75. The van der Waals surface area contributed by atoms with Gasteiger partial charge in [0, 0.05) is 16.5 Å². The molecule has 0 aliphatic rings. The first-order valence-electron chi connectivity index (χ1n) is 6.34. The number of rotatable bonds is 3. The first-order valence-corrected chi connectivity index (χ1v) is 7.22. The van der Waals surface area contributed by atoms with Crippen LogP contribution in [0.3, 0.4) is 0 Å². The molecule has 0 saturated carbocycles. The summed E-state index contributed by atoms with van der Waals surface area (Å²) < 4.78 is 0. The predicted octanol–water partition coefficient (Wildman–Crippen LogP) is 4.19. The molecule has 0 atom stereocenters. The van der Waals surface area contributed by atoms with Gasteiger partial charge in [0.05, 0.1) is 11.3 Å². The van der Waals surface area contributed by atoms with E-state index in [4.69, 9.17) is 5.11 Å². The zero-order valence-corrected chi connectivity index (χ0v) is 12.8. The number of aromatic nitrogens is 1. The molecule has 4 nitrogen and oxygen atoms in total. The first kappa shape index (κ1) is 14.5. The van der Waals surface area contributed by atoms with Gasteiger partial charge in [-0.05, 0) is 30.7 Å². The minimum atomic E-state index is -0.913. The van der Waals surface area contributed by atoms with E-state index in [-0.39, 0.29) is 5.41 Å². The number of carboxylic acid groups (broad SMARTS) is 1. The number of hydrogen-bond donors (Lipinski definition) is 2. The lowest BCUT2D eigenvalue weighted by Crippen LogP contribution is -2.11. The summed E-state index contributed by atoms with van der Waals surface area (Å²) in [4.78, 5) is 15.5. The number of anilines is 2. The Hall–Kier alpha value is -1.88. The van der Waals surface area contributed by atoms with E-state index in [0.717, 1.165) is 22.1 Å². The van der Waals surface area contributed by atoms with Crippen molar-refractivity contribution in [2.45, 2.75) is 33.1 Å². The minimum Gasteiger partial charge on any atom is -0.478 e. The summed E-state index contributed by atoms with van der Waals surface area (Å²) in [5.41, 5.74) is 3.13. The second-order valence-corrected chi connectivity index (χ2v) is 6.61. The molecule has 0 fully saturated rings. The Kier molecular flexibility index (Phi) is 3.81. The van der Waals surface area contributed by atoms with E-state index >= 15 is 0 Å². The summed E-state index contributed by atoms with van der Waals surface area (Å²) in [6.07, 6.45) is 0. The van der Waals surface area contributed by atoms with Gasteiger partial charge in [0.15, 0.2) is 5.13 Å². The molecular formula is C15H18N2O2S. The standard InChI is InChI=1S/C15H18N2O2S/c1-9-7-10(13(18)19)5-6-11(9)16-14-17-12(8-20-14)15(2,3)4/h5-8H,1-4H3,(H,16,17)(H,18,19). The Balaban J connectivity index is 2.22. The van der Waals surface area contributed by atoms with Crippen LogP contribution in [-0.4, -0.2) is 16.1 Å². The molecule has 0 aliphatic carbocycles. The first-order chi connectivity index (χ1) is 9.27. The Bertz CT molecular complexity index is 642. The van der Waals surface area contributed by atoms with E-state index in [2.05, 4.69) is 31.1 Å². The fraction of sp³-hybridized carbons (Fsp3) is 0.333. The average molecular weight is 290 g/mol. The number of carboxylic acids is 1. The molecule has 5 heteroatoms. The van der Waals surface area contributed by atoms with Crippen LogP contribution in [0, 0.1) is 6.92 Å². The molecule has 0 saturated heterocycles. The number of carbonyl (C=O) groups is 1. The van der Waals surface area contributed by atoms with Gasteiger partial charge in [0.2, 0.25) is 0 Å². The summed E-state index contributed by atoms with van der Waals surface area (Å²) in [6, 6.07) is 5.02. The smallest absolute Gasteiger partial charge is 0.335 e. The van der Waals surface area contributed by atoms with Gasteiger partial charge in [-0.15, -0.1) is 11.3 Å². The van der Waals surface area contributed by atoms with Crippen LogP contribution in [0.2, 0.25) is 0 Å². The van der Waals surface area contributed by atoms with Crippen LogP contribution in [-0.2, 0) is 5.41 Å². The third-order valence-electron chi connectivity index (χ3n) is 2.99. The molecule has 2 aromatic rings. The maximum absolute atomic E-state index is 10.9. The number of aryl methyl sites for hydroxylation is 1. The highest BCUT2D eigenvalue weighted by molar-refractivity contribution is 7.13. The monoisotopic (exact) mass is 290 g/mol. The Morgan fingerprint density at radius 1 is 1.35 bits per heavy atom. The van der Waals surface area contributed by atoms with Crippen LogP contribution in [0.1, 0.15) is 42.4 Å². The van der Waals surface area contributed by atoms with Gasteiger partial charge in [-0.3, -0.25) is 0 Å². The molecule has 0 unspecified atom stereocenters. The Labute approximate surface area is 122 Å². The van der Waals surface area contributed by atoms with Crippen molar-refractivity contribution in [3.05, 3.63) is 40.4 Å². The van der Waals surface area contributed by atoms with Crippen LogP contribution in [0.5, 0.6) is 0 Å². The number of aromatic carboxylic acids is 1. The number of nitrogens with zero attached hydrogens (tertiary/aromatic N) is 1. The average Bonchev–Trinajstić information content (AvgIpc) is 2.80. The lowest BCUT2D eigenvalue weighted by atomic mass is 9.93. The van der Waals surface area contributed by atoms with Crippen LogP contribution in [0.25, 0.3) is 0 Å². The highest BCUT2D eigenvalue weighted by atomic mass is 32.1. The van der Waals surface area contributed by atoms with Crippen LogP contribution in [0.15, 0.2) is 23.6 Å². The molecule has 20 heavy (non-hydrogen) atoms. The van der Waals surface area contributed by atoms with E-state index in [0.29, 0.717) is 5.56 Å². The van der Waals surface area contributed by atoms with Crippen LogP contribution < -0.4 is 5.32 Å². The van der Waals surface area contributed by atoms with Gasteiger partial charge in [0.25, 0.3) is 0 Å². The van der Waals surface area contributed by atoms with Gasteiger partial charge < -0.3 is 10.4 Å². The van der Waals surface area contributed by atoms with Crippen molar-refractivity contribution in [2.24, 2.45) is 0 Å². The molecule has 0 aliphatic heterocycles. The predicted molar refractivity (Wildman–Crippen MR) is 82.2 cm³/mol. The van der Waals surface area contributed by atoms with E-state index in [1.165, 1.54) is 0 Å². The quantitative estimate of drug-likeness (QED) is 0.889. The van der Waals surface area contributed by atoms with Crippen molar-refractivity contribution in [3.63, 3.8) is 0 Å². The molecule has 2 rings (SSSR count). The van der Waals surface area contributed by atoms with E-state index in [1.54, 1.807) is 29.5 Å². The summed E-state index contributed by atoms with van der Waals surface area (Å²) in [5.74, 6) is -0.913. The fourth-order valence-electron chi connectivity index (χ4n) is 1.73. The maximum atomic E-state index is 10.9. The minimum absolute atomic E-state index is 0.0264. The summed E-state index contributed by atoms with van der Waals surface area (Å²) in [5, 5.41) is 15.1. The molecule has 1 heterocycles. The second-order valence-electron chi connectivity index (χ2n) is 5.75. The van der Waals surface area contributed by atoms with Gasteiger partial charge >= 0.3 is 5.97 Å². The van der Waals surface area contributed by atoms with Crippen molar-refractivity contribution in [1.29, 1.82) is 0 Å².